The molecule has 0 saturated carbocycles. The number of benzene rings is 1. The number of nitro benzene ring substituents is 1. The van der Waals surface area contributed by atoms with Gasteiger partial charge >= 0.3 is 0 Å². The highest BCUT2D eigenvalue weighted by molar-refractivity contribution is 9.09. The zero-order valence-electron chi connectivity index (χ0n) is 8.74. The number of fused-ring (bicyclic) bond motifs is 1. The highest BCUT2D eigenvalue weighted by atomic mass is 79.9. The molecule has 0 amide bonds. The lowest BCUT2D eigenvalue weighted by Gasteiger charge is -1.91. The van der Waals surface area contributed by atoms with E-state index in [0.29, 0.717) is 16.6 Å². The molecule has 0 fully saturated rings. The minimum Gasteiger partial charge on any atom is -0.268 e. The van der Waals surface area contributed by atoms with Crippen LogP contribution in [0.2, 0.25) is 0 Å². The van der Waals surface area contributed by atoms with Crippen LogP contribution in [0.1, 0.15) is 12.1 Å². The monoisotopic (exact) mass is 293 g/mol. The number of non-ortho nitro benzene ring substituents is 1. The predicted octanol–water partition coefficient (Wildman–Crippen LogP) is 2.61. The molecule has 1 aromatic carbocycles. The van der Waals surface area contributed by atoms with Gasteiger partial charge in [-0.15, -0.1) is 0 Å². The average molecular weight is 294 g/mol. The van der Waals surface area contributed by atoms with Crippen LogP contribution in [0.3, 0.4) is 0 Å². The number of hydrogen-bond acceptors (Lipinski definition) is 3. The largest absolute Gasteiger partial charge is 0.297 e. The fraction of sp³-hybridized carbons (Fsp3) is 0.182. The molecule has 0 aliphatic rings. The molecule has 1 heterocycles. The van der Waals surface area contributed by atoms with Crippen molar-refractivity contribution in [3.63, 3.8) is 0 Å². The van der Waals surface area contributed by atoms with Gasteiger partial charge in [0.2, 0.25) is 0 Å². The molecule has 0 atom stereocenters. The van der Waals surface area contributed by atoms with Gasteiger partial charge in [0, 0.05) is 23.2 Å². The number of nitrogens with zero attached hydrogens (tertiary/aromatic N) is 2. The van der Waals surface area contributed by atoms with Crippen molar-refractivity contribution in [3.05, 3.63) is 34.0 Å². The van der Waals surface area contributed by atoms with E-state index in [2.05, 4.69) is 38.0 Å². The third-order valence-corrected chi connectivity index (χ3v) is 2.59. The van der Waals surface area contributed by atoms with Crippen molar-refractivity contribution in [3.8, 4) is 11.8 Å². The summed E-state index contributed by atoms with van der Waals surface area (Å²) < 4.78 is 0. The third-order valence-electron chi connectivity index (χ3n) is 2.19. The standard InChI is InChI=1S/C11H8BrN3O2/c12-7-2-1-5-9-8-4-3-6-10(15(16)17)11(8)14-13-9/h3-4,6H,2,7H2,(H,13,14). The minimum atomic E-state index is -0.446. The van der Waals surface area contributed by atoms with Gasteiger partial charge in [0.25, 0.3) is 5.69 Å². The number of nitro groups is 1. The first-order chi connectivity index (χ1) is 8.24. The summed E-state index contributed by atoms with van der Waals surface area (Å²) in [6, 6.07) is 4.83. The molecule has 2 aromatic rings. The van der Waals surface area contributed by atoms with Gasteiger partial charge in [-0.05, 0) is 12.0 Å². The van der Waals surface area contributed by atoms with Gasteiger partial charge in [-0.25, -0.2) is 0 Å². The second-order valence-corrected chi connectivity index (χ2v) is 4.06. The molecular formula is C11H8BrN3O2. The second kappa shape index (κ2) is 4.97. The molecular weight excluding hydrogens is 286 g/mol. The summed E-state index contributed by atoms with van der Waals surface area (Å²) in [5, 5.41) is 18.9. The normalized spacial score (nSPS) is 9.94. The van der Waals surface area contributed by atoms with Crippen LogP contribution >= 0.6 is 15.9 Å². The topological polar surface area (TPSA) is 71.8 Å². The molecule has 0 bridgehead atoms. The highest BCUT2D eigenvalue weighted by Crippen LogP contribution is 2.24. The van der Waals surface area contributed by atoms with Crippen molar-refractivity contribution >= 4 is 32.5 Å². The van der Waals surface area contributed by atoms with E-state index in [0.717, 1.165) is 11.8 Å². The maximum absolute atomic E-state index is 10.8. The van der Waals surface area contributed by atoms with Crippen LogP contribution in [-0.2, 0) is 0 Å². The van der Waals surface area contributed by atoms with Gasteiger partial charge in [0.05, 0.1) is 4.92 Å². The Labute approximate surface area is 105 Å². The van der Waals surface area contributed by atoms with E-state index in [1.54, 1.807) is 12.1 Å². The maximum Gasteiger partial charge on any atom is 0.297 e. The van der Waals surface area contributed by atoms with Crippen LogP contribution in [0.5, 0.6) is 0 Å². The fourth-order valence-electron chi connectivity index (χ4n) is 1.46. The predicted molar refractivity (Wildman–Crippen MR) is 68.0 cm³/mol. The molecule has 0 unspecified atom stereocenters. The number of aromatic nitrogens is 2. The third kappa shape index (κ3) is 2.29. The van der Waals surface area contributed by atoms with E-state index in [1.807, 2.05) is 0 Å². The summed E-state index contributed by atoms with van der Waals surface area (Å²) in [6.45, 7) is 0. The van der Waals surface area contributed by atoms with E-state index in [1.165, 1.54) is 6.07 Å². The second-order valence-electron chi connectivity index (χ2n) is 3.27. The number of para-hydroxylation sites is 1. The van der Waals surface area contributed by atoms with Crippen molar-refractivity contribution in [2.24, 2.45) is 0 Å². The van der Waals surface area contributed by atoms with Gasteiger partial charge in [0.1, 0.15) is 5.69 Å². The number of H-pyrrole nitrogens is 1. The van der Waals surface area contributed by atoms with E-state index in [4.69, 9.17) is 0 Å². The van der Waals surface area contributed by atoms with Crippen LogP contribution in [0.25, 0.3) is 10.9 Å². The van der Waals surface area contributed by atoms with Crippen molar-refractivity contribution in [2.45, 2.75) is 6.42 Å². The molecule has 6 heteroatoms. The molecule has 0 saturated heterocycles. The summed E-state index contributed by atoms with van der Waals surface area (Å²) in [4.78, 5) is 10.3. The number of halogens is 1. The van der Waals surface area contributed by atoms with Gasteiger partial charge in [0.15, 0.2) is 5.52 Å². The summed E-state index contributed by atoms with van der Waals surface area (Å²) >= 11 is 3.28. The fourth-order valence-corrected chi connectivity index (χ4v) is 1.66. The summed E-state index contributed by atoms with van der Waals surface area (Å²) in [6.07, 6.45) is 0.718. The molecule has 86 valence electrons. The molecule has 1 N–H and O–H groups in total. The summed E-state index contributed by atoms with van der Waals surface area (Å²) in [5.74, 6) is 5.85. The Morgan fingerprint density at radius 2 is 2.35 bits per heavy atom. The zero-order chi connectivity index (χ0) is 12.3. The Kier molecular flexibility index (Phi) is 3.40. The van der Waals surface area contributed by atoms with Crippen LogP contribution in [-0.4, -0.2) is 20.5 Å². The van der Waals surface area contributed by atoms with Gasteiger partial charge in [-0.3, -0.25) is 15.2 Å². The first-order valence-corrected chi connectivity index (χ1v) is 6.02. The molecule has 17 heavy (non-hydrogen) atoms. The van der Waals surface area contributed by atoms with Crippen molar-refractivity contribution < 1.29 is 4.92 Å². The van der Waals surface area contributed by atoms with E-state index < -0.39 is 4.92 Å². The van der Waals surface area contributed by atoms with Gasteiger partial charge in [-0.2, -0.15) is 5.10 Å². The molecule has 0 spiro atoms. The molecule has 2 rings (SSSR count). The molecule has 0 radical (unpaired) electrons. The number of hydrogen-bond donors (Lipinski definition) is 1. The number of alkyl halides is 1. The van der Waals surface area contributed by atoms with Crippen LogP contribution < -0.4 is 0 Å². The van der Waals surface area contributed by atoms with Crippen molar-refractivity contribution in [1.82, 2.24) is 10.2 Å². The van der Waals surface area contributed by atoms with Crippen molar-refractivity contribution in [1.29, 1.82) is 0 Å². The molecule has 5 nitrogen and oxygen atoms in total. The van der Waals surface area contributed by atoms with Gasteiger partial charge in [-0.1, -0.05) is 27.9 Å². The number of nitrogens with one attached hydrogen (secondary N) is 1. The number of rotatable bonds is 2. The Bertz CT molecular complexity index is 624. The lowest BCUT2D eigenvalue weighted by atomic mass is 10.2. The van der Waals surface area contributed by atoms with E-state index >= 15 is 0 Å². The Hall–Kier alpha value is -1.87. The first-order valence-electron chi connectivity index (χ1n) is 4.90. The maximum atomic E-state index is 10.8. The molecule has 0 aliphatic heterocycles. The molecule has 1 aromatic heterocycles. The summed E-state index contributed by atoms with van der Waals surface area (Å²) in [7, 11) is 0. The van der Waals surface area contributed by atoms with Crippen molar-refractivity contribution in [2.75, 3.05) is 5.33 Å². The number of aromatic amines is 1. The summed E-state index contributed by atoms with van der Waals surface area (Å²) in [5.41, 5.74) is 0.956. The first kappa shape index (κ1) is 11.6. The van der Waals surface area contributed by atoms with Crippen LogP contribution in [0.15, 0.2) is 18.2 Å². The lowest BCUT2D eigenvalue weighted by molar-refractivity contribution is -0.383. The van der Waals surface area contributed by atoms with Crippen LogP contribution in [0, 0.1) is 22.0 Å². The Morgan fingerprint density at radius 3 is 3.06 bits per heavy atom. The Balaban J connectivity index is 2.52. The molecule has 0 aliphatic carbocycles. The lowest BCUT2D eigenvalue weighted by Crippen LogP contribution is -1.88. The highest BCUT2D eigenvalue weighted by Gasteiger charge is 2.15. The quantitative estimate of drug-likeness (QED) is 0.400. The SMILES string of the molecule is O=[N+]([O-])c1cccc2c(C#CCCBr)[nH]nc12. The zero-order valence-corrected chi connectivity index (χ0v) is 10.3. The van der Waals surface area contributed by atoms with E-state index in [-0.39, 0.29) is 5.69 Å². The smallest absolute Gasteiger partial charge is 0.268 e. The van der Waals surface area contributed by atoms with Crippen LogP contribution in [0.4, 0.5) is 5.69 Å². The minimum absolute atomic E-state index is 0.00714. The van der Waals surface area contributed by atoms with E-state index in [9.17, 15) is 10.1 Å². The average Bonchev–Trinajstić information content (AvgIpc) is 2.72. The Morgan fingerprint density at radius 1 is 1.53 bits per heavy atom. The van der Waals surface area contributed by atoms with Gasteiger partial charge < -0.3 is 0 Å².